The monoisotopic (exact) mass is 235 g/mol. The van der Waals surface area contributed by atoms with Crippen molar-refractivity contribution in [3.05, 3.63) is 17.2 Å². The Hall–Kier alpha value is -0.830. The molecule has 1 aliphatic heterocycles. The Morgan fingerprint density at radius 2 is 2.06 bits per heavy atom. The van der Waals surface area contributed by atoms with Gasteiger partial charge in [0.25, 0.3) is 0 Å². The van der Waals surface area contributed by atoms with Crippen LogP contribution in [0.25, 0.3) is 0 Å². The van der Waals surface area contributed by atoms with Gasteiger partial charge in [0.15, 0.2) is 0 Å². The number of nitrogens with zero attached hydrogens (tertiary/aromatic N) is 1. The quantitative estimate of drug-likeness (QED) is 0.842. The first-order valence-corrected chi connectivity index (χ1v) is 6.87. The molecule has 0 bridgehead atoms. The van der Waals surface area contributed by atoms with Gasteiger partial charge < -0.3 is 10.3 Å². The van der Waals surface area contributed by atoms with Crippen molar-refractivity contribution in [1.82, 2.24) is 15.3 Å². The van der Waals surface area contributed by atoms with Crippen molar-refractivity contribution in [2.45, 2.75) is 52.4 Å². The van der Waals surface area contributed by atoms with Gasteiger partial charge in [0.2, 0.25) is 0 Å². The molecule has 1 aromatic rings. The lowest BCUT2D eigenvalue weighted by molar-refractivity contribution is 0.625. The Bertz CT molecular complexity index is 360. The standard InChI is InChI=1S/C14H25N3/c1-9(2)7-12-13(10(3)4)17-14(16-12)11-5-6-15-8-11/h9-11,15H,5-8H2,1-4H3,(H,16,17). The number of aromatic nitrogens is 2. The molecule has 1 aliphatic rings. The Kier molecular flexibility index (Phi) is 3.87. The van der Waals surface area contributed by atoms with E-state index in [1.165, 1.54) is 23.6 Å². The van der Waals surface area contributed by atoms with E-state index in [2.05, 4.69) is 38.0 Å². The van der Waals surface area contributed by atoms with Crippen molar-refractivity contribution in [1.29, 1.82) is 0 Å². The van der Waals surface area contributed by atoms with Crippen LogP contribution in [-0.4, -0.2) is 23.1 Å². The van der Waals surface area contributed by atoms with Gasteiger partial charge in [-0.15, -0.1) is 0 Å². The smallest absolute Gasteiger partial charge is 0.111 e. The molecule has 2 heterocycles. The third-order valence-electron chi connectivity index (χ3n) is 3.44. The van der Waals surface area contributed by atoms with Crippen molar-refractivity contribution >= 4 is 0 Å². The first-order valence-electron chi connectivity index (χ1n) is 6.87. The summed E-state index contributed by atoms with van der Waals surface area (Å²) >= 11 is 0. The minimum Gasteiger partial charge on any atom is -0.345 e. The number of nitrogens with one attached hydrogen (secondary N) is 2. The second-order valence-electron chi connectivity index (χ2n) is 5.93. The van der Waals surface area contributed by atoms with E-state index in [0.29, 0.717) is 17.8 Å². The highest BCUT2D eigenvalue weighted by Crippen LogP contribution is 2.25. The van der Waals surface area contributed by atoms with Crippen molar-refractivity contribution in [2.24, 2.45) is 5.92 Å². The van der Waals surface area contributed by atoms with Crippen LogP contribution in [0, 0.1) is 5.92 Å². The lowest BCUT2D eigenvalue weighted by atomic mass is 10.0. The minimum atomic E-state index is 0.517. The largest absolute Gasteiger partial charge is 0.345 e. The van der Waals surface area contributed by atoms with E-state index in [4.69, 9.17) is 4.98 Å². The second-order valence-corrected chi connectivity index (χ2v) is 5.93. The normalized spacial score (nSPS) is 20.7. The summed E-state index contributed by atoms with van der Waals surface area (Å²) in [5, 5.41) is 3.41. The predicted octanol–water partition coefficient (Wildman–Crippen LogP) is 2.81. The number of hydrogen-bond donors (Lipinski definition) is 2. The Morgan fingerprint density at radius 1 is 1.29 bits per heavy atom. The molecule has 0 amide bonds. The minimum absolute atomic E-state index is 0.517. The Balaban J connectivity index is 2.23. The fourth-order valence-electron chi connectivity index (χ4n) is 2.57. The van der Waals surface area contributed by atoms with Gasteiger partial charge in [-0.1, -0.05) is 27.7 Å². The molecule has 0 spiro atoms. The average molecular weight is 235 g/mol. The summed E-state index contributed by atoms with van der Waals surface area (Å²) in [5.41, 5.74) is 2.64. The molecule has 1 saturated heterocycles. The van der Waals surface area contributed by atoms with E-state index in [-0.39, 0.29) is 0 Å². The molecule has 1 fully saturated rings. The van der Waals surface area contributed by atoms with E-state index in [0.717, 1.165) is 19.5 Å². The van der Waals surface area contributed by atoms with Crippen molar-refractivity contribution in [3.8, 4) is 0 Å². The first kappa shape index (κ1) is 12.6. The summed E-state index contributed by atoms with van der Waals surface area (Å²) in [6.07, 6.45) is 2.33. The summed E-state index contributed by atoms with van der Waals surface area (Å²) in [5.74, 6) is 2.99. The summed E-state index contributed by atoms with van der Waals surface area (Å²) in [6.45, 7) is 11.2. The van der Waals surface area contributed by atoms with Crippen LogP contribution < -0.4 is 5.32 Å². The van der Waals surface area contributed by atoms with Crippen LogP contribution >= 0.6 is 0 Å². The molecule has 17 heavy (non-hydrogen) atoms. The van der Waals surface area contributed by atoms with Gasteiger partial charge in [-0.25, -0.2) is 4.98 Å². The molecular formula is C14H25N3. The van der Waals surface area contributed by atoms with Crippen LogP contribution in [0.4, 0.5) is 0 Å². The van der Waals surface area contributed by atoms with Crippen LogP contribution in [0.15, 0.2) is 0 Å². The fourth-order valence-corrected chi connectivity index (χ4v) is 2.57. The molecule has 1 aromatic heterocycles. The maximum atomic E-state index is 4.85. The van der Waals surface area contributed by atoms with Crippen LogP contribution in [0.3, 0.4) is 0 Å². The maximum absolute atomic E-state index is 4.85. The summed E-state index contributed by atoms with van der Waals surface area (Å²) in [6, 6.07) is 0. The predicted molar refractivity (Wildman–Crippen MR) is 71.4 cm³/mol. The number of H-pyrrole nitrogens is 1. The van der Waals surface area contributed by atoms with Gasteiger partial charge in [0.1, 0.15) is 5.82 Å². The third-order valence-corrected chi connectivity index (χ3v) is 3.44. The molecule has 1 unspecified atom stereocenters. The molecule has 3 heteroatoms. The van der Waals surface area contributed by atoms with Gasteiger partial charge in [0.05, 0.1) is 5.69 Å². The molecule has 0 aliphatic carbocycles. The van der Waals surface area contributed by atoms with E-state index < -0.39 is 0 Å². The Morgan fingerprint density at radius 3 is 2.59 bits per heavy atom. The van der Waals surface area contributed by atoms with Crippen molar-refractivity contribution in [2.75, 3.05) is 13.1 Å². The van der Waals surface area contributed by atoms with Crippen molar-refractivity contribution in [3.63, 3.8) is 0 Å². The summed E-state index contributed by atoms with van der Waals surface area (Å²) < 4.78 is 0. The molecule has 0 radical (unpaired) electrons. The maximum Gasteiger partial charge on any atom is 0.111 e. The van der Waals surface area contributed by atoms with Gasteiger partial charge in [-0.2, -0.15) is 0 Å². The zero-order chi connectivity index (χ0) is 12.4. The van der Waals surface area contributed by atoms with Crippen LogP contribution in [0.2, 0.25) is 0 Å². The molecule has 1 atom stereocenters. The van der Waals surface area contributed by atoms with Crippen LogP contribution in [0.1, 0.15) is 63.2 Å². The van der Waals surface area contributed by atoms with E-state index >= 15 is 0 Å². The highest BCUT2D eigenvalue weighted by atomic mass is 15.0. The van der Waals surface area contributed by atoms with Gasteiger partial charge in [-0.05, 0) is 31.2 Å². The highest BCUT2D eigenvalue weighted by molar-refractivity contribution is 5.21. The van der Waals surface area contributed by atoms with Gasteiger partial charge in [0, 0.05) is 18.2 Å². The van der Waals surface area contributed by atoms with E-state index in [1.54, 1.807) is 0 Å². The zero-order valence-corrected chi connectivity index (χ0v) is 11.5. The molecule has 3 nitrogen and oxygen atoms in total. The number of imidazole rings is 1. The molecular weight excluding hydrogens is 210 g/mol. The lowest BCUT2D eigenvalue weighted by Gasteiger charge is -2.07. The van der Waals surface area contributed by atoms with E-state index in [9.17, 15) is 0 Å². The molecule has 0 saturated carbocycles. The second kappa shape index (κ2) is 5.21. The van der Waals surface area contributed by atoms with Crippen molar-refractivity contribution < 1.29 is 0 Å². The van der Waals surface area contributed by atoms with Gasteiger partial charge in [-0.3, -0.25) is 0 Å². The summed E-state index contributed by atoms with van der Waals surface area (Å²) in [7, 11) is 0. The molecule has 2 rings (SSSR count). The third kappa shape index (κ3) is 2.89. The molecule has 2 N–H and O–H groups in total. The number of rotatable bonds is 4. The molecule has 96 valence electrons. The average Bonchev–Trinajstić information content (AvgIpc) is 2.82. The summed E-state index contributed by atoms with van der Waals surface area (Å²) in [4.78, 5) is 8.43. The topological polar surface area (TPSA) is 40.7 Å². The fraction of sp³-hybridized carbons (Fsp3) is 0.786. The number of hydrogen-bond acceptors (Lipinski definition) is 2. The highest BCUT2D eigenvalue weighted by Gasteiger charge is 2.22. The Labute approximate surface area is 104 Å². The zero-order valence-electron chi connectivity index (χ0n) is 11.5. The molecule has 0 aromatic carbocycles. The lowest BCUT2D eigenvalue weighted by Crippen LogP contribution is -2.09. The number of aromatic amines is 1. The van der Waals surface area contributed by atoms with Gasteiger partial charge >= 0.3 is 0 Å². The van der Waals surface area contributed by atoms with E-state index in [1.807, 2.05) is 0 Å². The first-order chi connectivity index (χ1) is 8.08. The van der Waals surface area contributed by atoms with Crippen LogP contribution in [0.5, 0.6) is 0 Å². The SMILES string of the molecule is CC(C)Cc1[nH]c(C2CCNC2)nc1C(C)C. The van der Waals surface area contributed by atoms with Crippen LogP contribution in [-0.2, 0) is 6.42 Å².